The highest BCUT2D eigenvalue weighted by atomic mass is 16.5. The molecule has 0 aromatic heterocycles. The Balaban J connectivity index is 2.36. The van der Waals surface area contributed by atoms with E-state index in [0.717, 1.165) is 38.2 Å². The number of aliphatic hydroxyl groups excluding tert-OH is 1. The van der Waals surface area contributed by atoms with Gasteiger partial charge in [-0.25, -0.2) is 0 Å². The summed E-state index contributed by atoms with van der Waals surface area (Å²) in [7, 11) is 0. The maximum Gasteiger partial charge on any atom is 0.0942 e. The average Bonchev–Trinajstić information content (AvgIpc) is 2.43. The van der Waals surface area contributed by atoms with E-state index < -0.39 is 6.10 Å². The molecule has 2 N–H and O–H groups in total. The summed E-state index contributed by atoms with van der Waals surface area (Å²) in [6, 6.07) is 9.92. The van der Waals surface area contributed by atoms with Gasteiger partial charge in [-0.15, -0.1) is 0 Å². The van der Waals surface area contributed by atoms with Crippen molar-refractivity contribution in [2.75, 3.05) is 19.8 Å². The molecule has 0 fully saturated rings. The van der Waals surface area contributed by atoms with E-state index in [2.05, 4.69) is 12.2 Å². The Morgan fingerprint density at radius 2 is 1.94 bits per heavy atom. The van der Waals surface area contributed by atoms with Gasteiger partial charge in [0.15, 0.2) is 0 Å². The van der Waals surface area contributed by atoms with Crippen LogP contribution in [0.4, 0.5) is 0 Å². The van der Waals surface area contributed by atoms with Crippen LogP contribution in [0.5, 0.6) is 0 Å². The lowest BCUT2D eigenvalue weighted by Crippen LogP contribution is -2.35. The molecule has 0 aliphatic rings. The van der Waals surface area contributed by atoms with Gasteiger partial charge in [-0.2, -0.15) is 0 Å². The van der Waals surface area contributed by atoms with Gasteiger partial charge >= 0.3 is 0 Å². The maximum atomic E-state index is 10.3. The molecular formula is C15H25NO2. The van der Waals surface area contributed by atoms with Crippen molar-refractivity contribution in [1.29, 1.82) is 0 Å². The zero-order valence-electron chi connectivity index (χ0n) is 11.4. The summed E-state index contributed by atoms with van der Waals surface area (Å²) in [5.74, 6) is 0. The summed E-state index contributed by atoms with van der Waals surface area (Å²) in [6.07, 6.45) is 1.44. The predicted molar refractivity (Wildman–Crippen MR) is 74.6 cm³/mol. The van der Waals surface area contributed by atoms with Crippen molar-refractivity contribution in [2.24, 2.45) is 0 Å². The maximum absolute atomic E-state index is 10.3. The van der Waals surface area contributed by atoms with Gasteiger partial charge in [0.05, 0.1) is 6.10 Å². The molecule has 0 amide bonds. The molecule has 0 bridgehead atoms. The molecule has 1 aromatic rings. The summed E-state index contributed by atoms with van der Waals surface area (Å²) >= 11 is 0. The zero-order chi connectivity index (χ0) is 13.2. The number of hydrogen-bond donors (Lipinski definition) is 2. The third-order valence-corrected chi connectivity index (χ3v) is 3.04. The van der Waals surface area contributed by atoms with E-state index in [1.807, 2.05) is 37.3 Å². The van der Waals surface area contributed by atoms with Crippen molar-refractivity contribution in [3.05, 3.63) is 35.9 Å². The molecule has 0 radical (unpaired) electrons. The fourth-order valence-corrected chi connectivity index (χ4v) is 1.97. The second kappa shape index (κ2) is 9.09. The molecular weight excluding hydrogens is 226 g/mol. The molecule has 0 spiro atoms. The predicted octanol–water partition coefficient (Wildman–Crippen LogP) is 2.51. The van der Waals surface area contributed by atoms with Crippen LogP contribution in [0, 0.1) is 0 Å². The van der Waals surface area contributed by atoms with E-state index >= 15 is 0 Å². The summed E-state index contributed by atoms with van der Waals surface area (Å²) in [5, 5.41) is 13.7. The number of aliphatic hydroxyl groups is 1. The van der Waals surface area contributed by atoms with E-state index in [9.17, 15) is 5.11 Å². The second-order valence-corrected chi connectivity index (χ2v) is 4.37. The van der Waals surface area contributed by atoms with E-state index in [0.29, 0.717) is 0 Å². The highest BCUT2D eigenvalue weighted by Crippen LogP contribution is 2.18. The number of rotatable bonds is 9. The minimum absolute atomic E-state index is 0.106. The Morgan fingerprint density at radius 1 is 1.22 bits per heavy atom. The Hall–Kier alpha value is -0.900. The van der Waals surface area contributed by atoms with Gasteiger partial charge in [-0.1, -0.05) is 37.3 Å². The summed E-state index contributed by atoms with van der Waals surface area (Å²) < 4.78 is 5.29. The average molecular weight is 251 g/mol. The highest BCUT2D eigenvalue weighted by Gasteiger charge is 2.17. The van der Waals surface area contributed by atoms with Crippen molar-refractivity contribution < 1.29 is 9.84 Å². The molecule has 18 heavy (non-hydrogen) atoms. The van der Waals surface area contributed by atoms with Crippen molar-refractivity contribution in [3.63, 3.8) is 0 Å². The minimum atomic E-state index is -0.441. The first-order chi connectivity index (χ1) is 8.79. The van der Waals surface area contributed by atoms with E-state index in [1.165, 1.54) is 0 Å². The molecule has 0 saturated carbocycles. The summed E-state index contributed by atoms with van der Waals surface area (Å²) in [4.78, 5) is 0. The van der Waals surface area contributed by atoms with Crippen LogP contribution in [0.3, 0.4) is 0 Å². The largest absolute Gasteiger partial charge is 0.387 e. The number of hydrogen-bond acceptors (Lipinski definition) is 3. The van der Waals surface area contributed by atoms with Gasteiger partial charge in [0, 0.05) is 19.3 Å². The van der Waals surface area contributed by atoms with Crippen molar-refractivity contribution >= 4 is 0 Å². The first-order valence-corrected chi connectivity index (χ1v) is 6.83. The topological polar surface area (TPSA) is 41.5 Å². The number of nitrogens with one attached hydrogen (secondary N) is 1. The first-order valence-electron chi connectivity index (χ1n) is 6.83. The van der Waals surface area contributed by atoms with Crippen LogP contribution in [-0.2, 0) is 4.74 Å². The molecule has 0 saturated heterocycles. The molecule has 3 nitrogen and oxygen atoms in total. The first kappa shape index (κ1) is 15.2. The normalized spacial score (nSPS) is 14.4. The fourth-order valence-electron chi connectivity index (χ4n) is 1.97. The monoisotopic (exact) mass is 251 g/mol. The molecule has 2 atom stereocenters. The Labute approximate surface area is 110 Å². The Morgan fingerprint density at radius 3 is 2.56 bits per heavy atom. The molecule has 1 aromatic carbocycles. The van der Waals surface area contributed by atoms with Crippen molar-refractivity contribution in [2.45, 2.75) is 38.8 Å². The lowest BCUT2D eigenvalue weighted by atomic mass is 10.0. The smallest absolute Gasteiger partial charge is 0.0942 e. The summed E-state index contributed by atoms with van der Waals surface area (Å²) in [5.41, 5.74) is 0.974. The standard InChI is InChI=1S/C15H25NO2/c1-3-14(16-11-8-12-18-4-2)15(17)13-9-6-5-7-10-13/h5-7,9-10,14-17H,3-4,8,11-12H2,1-2H3. The lowest BCUT2D eigenvalue weighted by Gasteiger charge is -2.23. The highest BCUT2D eigenvalue weighted by molar-refractivity contribution is 5.18. The van der Waals surface area contributed by atoms with Crippen LogP contribution in [0.15, 0.2) is 30.3 Å². The Bertz CT molecular complexity index is 303. The molecule has 0 aliphatic carbocycles. The van der Waals surface area contributed by atoms with Crippen molar-refractivity contribution in [3.8, 4) is 0 Å². The summed E-state index contributed by atoms with van der Waals surface area (Å²) in [6.45, 7) is 6.52. The van der Waals surface area contributed by atoms with E-state index in [4.69, 9.17) is 4.74 Å². The molecule has 2 unspecified atom stereocenters. The quantitative estimate of drug-likeness (QED) is 0.663. The SMILES string of the molecule is CCOCCCNC(CC)C(O)c1ccccc1. The van der Waals surface area contributed by atoms with Crippen LogP contribution in [0.25, 0.3) is 0 Å². The van der Waals surface area contributed by atoms with Gasteiger partial charge in [0.25, 0.3) is 0 Å². The van der Waals surface area contributed by atoms with Gasteiger partial charge in [0.2, 0.25) is 0 Å². The van der Waals surface area contributed by atoms with Gasteiger partial charge in [0.1, 0.15) is 0 Å². The van der Waals surface area contributed by atoms with Crippen LogP contribution >= 0.6 is 0 Å². The second-order valence-electron chi connectivity index (χ2n) is 4.37. The number of benzene rings is 1. The molecule has 1 rings (SSSR count). The van der Waals surface area contributed by atoms with Crippen LogP contribution in [-0.4, -0.2) is 30.9 Å². The minimum Gasteiger partial charge on any atom is -0.387 e. The van der Waals surface area contributed by atoms with Gasteiger partial charge in [-0.05, 0) is 31.9 Å². The third-order valence-electron chi connectivity index (χ3n) is 3.04. The fraction of sp³-hybridized carbons (Fsp3) is 0.600. The lowest BCUT2D eigenvalue weighted by molar-refractivity contribution is 0.118. The van der Waals surface area contributed by atoms with Crippen molar-refractivity contribution in [1.82, 2.24) is 5.32 Å². The van der Waals surface area contributed by atoms with Gasteiger partial charge < -0.3 is 15.2 Å². The van der Waals surface area contributed by atoms with Crippen LogP contribution in [0.2, 0.25) is 0 Å². The molecule has 0 heterocycles. The molecule has 102 valence electrons. The molecule has 3 heteroatoms. The molecule has 0 aliphatic heterocycles. The van der Waals surface area contributed by atoms with Crippen LogP contribution in [0.1, 0.15) is 38.4 Å². The number of ether oxygens (including phenoxy) is 1. The van der Waals surface area contributed by atoms with E-state index in [1.54, 1.807) is 0 Å². The van der Waals surface area contributed by atoms with Gasteiger partial charge in [-0.3, -0.25) is 0 Å². The van der Waals surface area contributed by atoms with Crippen LogP contribution < -0.4 is 5.32 Å². The Kier molecular flexibility index (Phi) is 7.65. The zero-order valence-corrected chi connectivity index (χ0v) is 11.4. The third kappa shape index (κ3) is 5.17. The van der Waals surface area contributed by atoms with E-state index in [-0.39, 0.29) is 6.04 Å².